The third kappa shape index (κ3) is 3.96. The van der Waals surface area contributed by atoms with Gasteiger partial charge in [0.1, 0.15) is 5.82 Å². The van der Waals surface area contributed by atoms with Gasteiger partial charge in [0.15, 0.2) is 0 Å². The van der Waals surface area contributed by atoms with Crippen LogP contribution >= 0.6 is 0 Å². The molecule has 1 atom stereocenters. The second-order valence-corrected chi connectivity index (χ2v) is 9.01. The van der Waals surface area contributed by atoms with Gasteiger partial charge >= 0.3 is 0 Å². The number of anilines is 1. The molecule has 1 aromatic heterocycles. The molecule has 1 saturated heterocycles. The second-order valence-electron chi connectivity index (χ2n) is 7.12. The predicted octanol–water partition coefficient (Wildman–Crippen LogP) is 3.56. The van der Waals surface area contributed by atoms with Crippen molar-refractivity contribution in [3.8, 4) is 0 Å². The molecule has 2 aromatic carbocycles. The van der Waals surface area contributed by atoms with E-state index in [0.29, 0.717) is 36.6 Å². The van der Waals surface area contributed by atoms with Gasteiger partial charge in [-0.2, -0.15) is 4.31 Å². The Morgan fingerprint density at radius 2 is 1.73 bits per heavy atom. The van der Waals surface area contributed by atoms with Crippen LogP contribution in [0.4, 0.5) is 5.69 Å². The van der Waals surface area contributed by atoms with Crippen molar-refractivity contribution in [1.82, 2.24) is 14.3 Å². The maximum absolute atomic E-state index is 13.3. The Labute approximate surface area is 175 Å². The zero-order valence-corrected chi connectivity index (χ0v) is 17.3. The highest BCUT2D eigenvalue weighted by Crippen LogP contribution is 2.37. The number of aryl methyl sites for hydroxylation is 1. The van der Waals surface area contributed by atoms with E-state index in [1.807, 2.05) is 18.2 Å². The molecule has 0 aliphatic carbocycles. The number of aromatic nitrogens is 2. The number of nitrogens with one attached hydrogen (secondary N) is 1. The first-order chi connectivity index (χ1) is 14.5. The molecule has 4 rings (SSSR count). The van der Waals surface area contributed by atoms with E-state index in [9.17, 15) is 13.2 Å². The lowest BCUT2D eigenvalue weighted by molar-refractivity contribution is 0.102. The largest absolute Gasteiger partial charge is 0.322 e. The van der Waals surface area contributed by atoms with E-state index in [-0.39, 0.29) is 16.4 Å². The number of nitrogens with zero attached hydrogens (tertiary/aromatic N) is 3. The van der Waals surface area contributed by atoms with E-state index < -0.39 is 16.1 Å². The fraction of sp³-hybridized carbons (Fsp3) is 0.227. The number of hydrogen-bond acceptors (Lipinski definition) is 5. The molecular formula is C22H22N4O3S. The molecule has 7 nitrogen and oxygen atoms in total. The lowest BCUT2D eigenvalue weighted by Gasteiger charge is -2.25. The lowest BCUT2D eigenvalue weighted by Crippen LogP contribution is -2.32. The van der Waals surface area contributed by atoms with Crippen molar-refractivity contribution in [2.24, 2.45) is 0 Å². The molecule has 0 bridgehead atoms. The molecule has 1 aliphatic rings. The van der Waals surface area contributed by atoms with Gasteiger partial charge in [-0.3, -0.25) is 4.79 Å². The third-order valence-electron chi connectivity index (χ3n) is 5.08. The molecule has 0 saturated carbocycles. The Hall–Kier alpha value is -3.10. The third-order valence-corrected chi connectivity index (χ3v) is 7.01. The quantitative estimate of drug-likeness (QED) is 0.679. The molecule has 3 aromatic rings. The van der Waals surface area contributed by atoms with Crippen molar-refractivity contribution in [1.29, 1.82) is 0 Å². The zero-order valence-electron chi connectivity index (χ0n) is 16.5. The van der Waals surface area contributed by atoms with E-state index in [0.717, 1.165) is 0 Å². The highest BCUT2D eigenvalue weighted by atomic mass is 32.2. The smallest absolute Gasteiger partial charge is 0.259 e. The molecular weight excluding hydrogens is 400 g/mol. The van der Waals surface area contributed by atoms with Gasteiger partial charge in [0.2, 0.25) is 10.0 Å². The molecule has 1 aliphatic heterocycles. The van der Waals surface area contributed by atoms with Gasteiger partial charge in [0, 0.05) is 18.4 Å². The number of hydrogen-bond donors (Lipinski definition) is 1. The van der Waals surface area contributed by atoms with E-state index in [4.69, 9.17) is 0 Å². The summed E-state index contributed by atoms with van der Waals surface area (Å²) in [4.78, 5) is 21.9. The minimum absolute atomic E-state index is 0.234. The number of sulfonamides is 1. The fourth-order valence-electron chi connectivity index (χ4n) is 3.67. The first-order valence-electron chi connectivity index (χ1n) is 9.73. The Bertz CT molecular complexity index is 1150. The Kier molecular flexibility index (Phi) is 5.61. The average molecular weight is 423 g/mol. The zero-order chi connectivity index (χ0) is 21.1. The molecule has 30 heavy (non-hydrogen) atoms. The summed E-state index contributed by atoms with van der Waals surface area (Å²) in [6.45, 7) is 2.11. The number of para-hydroxylation sites is 1. The molecule has 1 fully saturated rings. The van der Waals surface area contributed by atoms with Crippen molar-refractivity contribution in [3.05, 3.63) is 83.9 Å². The van der Waals surface area contributed by atoms with Crippen molar-refractivity contribution in [2.45, 2.75) is 30.7 Å². The summed E-state index contributed by atoms with van der Waals surface area (Å²) in [6.07, 6.45) is 2.76. The van der Waals surface area contributed by atoms with E-state index >= 15 is 0 Å². The molecule has 8 heteroatoms. The highest BCUT2D eigenvalue weighted by Gasteiger charge is 2.39. The molecule has 1 unspecified atom stereocenters. The van der Waals surface area contributed by atoms with Crippen LogP contribution in [-0.2, 0) is 10.0 Å². The summed E-state index contributed by atoms with van der Waals surface area (Å²) in [5.41, 5.74) is 1.37. The monoisotopic (exact) mass is 422 g/mol. The van der Waals surface area contributed by atoms with Crippen LogP contribution in [0.3, 0.4) is 0 Å². The Morgan fingerprint density at radius 3 is 2.43 bits per heavy atom. The summed E-state index contributed by atoms with van der Waals surface area (Å²) in [6, 6.07) is 16.9. The standard InChI is InChI=1S/C22H22N4O3S/c1-16-23-15-19(22(27)25-17-9-4-2-5-10-17)21(24-16)20-13-8-14-26(20)30(28,29)18-11-6-3-7-12-18/h2-7,9-12,15,20H,8,13-14H2,1H3,(H,25,27). The van der Waals surface area contributed by atoms with Crippen LogP contribution < -0.4 is 5.32 Å². The van der Waals surface area contributed by atoms with Crippen LogP contribution in [0, 0.1) is 6.92 Å². The fourth-order valence-corrected chi connectivity index (χ4v) is 5.35. The summed E-state index contributed by atoms with van der Waals surface area (Å²) in [7, 11) is -3.71. The molecule has 0 spiro atoms. The number of benzene rings is 2. The normalized spacial score (nSPS) is 17.0. The summed E-state index contributed by atoms with van der Waals surface area (Å²) < 4.78 is 28.0. The number of rotatable bonds is 5. The molecule has 1 amide bonds. The number of carbonyl (C=O) groups excluding carboxylic acids is 1. The Balaban J connectivity index is 1.71. The summed E-state index contributed by atoms with van der Waals surface area (Å²) in [5.74, 6) is 0.130. The first-order valence-corrected chi connectivity index (χ1v) is 11.2. The van der Waals surface area contributed by atoms with Gasteiger partial charge in [0.05, 0.1) is 22.2 Å². The maximum atomic E-state index is 13.3. The minimum Gasteiger partial charge on any atom is -0.322 e. The van der Waals surface area contributed by atoms with Crippen LogP contribution in [0.25, 0.3) is 0 Å². The van der Waals surface area contributed by atoms with Crippen LogP contribution in [0.15, 0.2) is 71.8 Å². The summed E-state index contributed by atoms with van der Waals surface area (Å²) >= 11 is 0. The van der Waals surface area contributed by atoms with Crippen molar-refractivity contribution >= 4 is 21.6 Å². The number of carbonyl (C=O) groups is 1. The highest BCUT2D eigenvalue weighted by molar-refractivity contribution is 7.89. The molecule has 154 valence electrons. The maximum Gasteiger partial charge on any atom is 0.259 e. The van der Waals surface area contributed by atoms with Crippen molar-refractivity contribution in [3.63, 3.8) is 0 Å². The lowest BCUT2D eigenvalue weighted by atomic mass is 10.1. The molecule has 2 heterocycles. The van der Waals surface area contributed by atoms with Crippen LogP contribution in [-0.4, -0.2) is 35.1 Å². The Morgan fingerprint density at radius 1 is 1.07 bits per heavy atom. The number of amides is 1. The predicted molar refractivity (Wildman–Crippen MR) is 113 cm³/mol. The van der Waals surface area contributed by atoms with Gasteiger partial charge < -0.3 is 5.32 Å². The van der Waals surface area contributed by atoms with Gasteiger partial charge in [-0.1, -0.05) is 36.4 Å². The van der Waals surface area contributed by atoms with Gasteiger partial charge in [-0.25, -0.2) is 18.4 Å². The first kappa shape index (κ1) is 20.2. The minimum atomic E-state index is -3.71. The molecule has 0 radical (unpaired) electrons. The summed E-state index contributed by atoms with van der Waals surface area (Å²) in [5, 5.41) is 2.84. The second kappa shape index (κ2) is 8.33. The van der Waals surface area contributed by atoms with Crippen LogP contribution in [0.5, 0.6) is 0 Å². The van der Waals surface area contributed by atoms with Crippen LogP contribution in [0.2, 0.25) is 0 Å². The van der Waals surface area contributed by atoms with E-state index in [1.165, 1.54) is 10.5 Å². The molecule has 1 N–H and O–H groups in total. The van der Waals surface area contributed by atoms with Crippen molar-refractivity contribution in [2.75, 3.05) is 11.9 Å². The topological polar surface area (TPSA) is 92.3 Å². The van der Waals surface area contributed by atoms with Gasteiger partial charge in [0.25, 0.3) is 5.91 Å². The average Bonchev–Trinajstić information content (AvgIpc) is 3.26. The van der Waals surface area contributed by atoms with Crippen LogP contribution in [0.1, 0.15) is 40.8 Å². The van der Waals surface area contributed by atoms with E-state index in [2.05, 4.69) is 15.3 Å². The SMILES string of the molecule is Cc1ncc(C(=O)Nc2ccccc2)c(C2CCCN2S(=O)(=O)c2ccccc2)n1. The van der Waals surface area contributed by atoms with Gasteiger partial charge in [-0.05, 0) is 44.0 Å². The van der Waals surface area contributed by atoms with E-state index in [1.54, 1.807) is 49.4 Å². The van der Waals surface area contributed by atoms with Gasteiger partial charge in [-0.15, -0.1) is 0 Å². The van der Waals surface area contributed by atoms with Crippen molar-refractivity contribution < 1.29 is 13.2 Å².